The number of nitrogens with one attached hydrogen (secondary N) is 1. The van der Waals surface area contributed by atoms with Crippen molar-refractivity contribution in [3.05, 3.63) is 41.1 Å². The van der Waals surface area contributed by atoms with Gasteiger partial charge in [-0.2, -0.15) is 0 Å². The normalized spacial score (nSPS) is 14.3. The average molecular weight is 275 g/mol. The van der Waals surface area contributed by atoms with E-state index in [-0.39, 0.29) is 5.91 Å². The molecule has 0 fully saturated rings. The fourth-order valence-corrected chi connectivity index (χ4v) is 2.63. The standard InChI is InChI=1S/C14H17N3OS/c1-2-3-7-10-19-12-13(16-17-14(12)18)15-11-8-5-4-6-9-11/h4-6,8-9,15H,2-3,7,10H2,1H3. The van der Waals surface area contributed by atoms with E-state index >= 15 is 0 Å². The smallest absolute Gasteiger partial charge is 0.305 e. The molecule has 1 aliphatic rings. The molecule has 1 aromatic carbocycles. The Bertz CT molecular complexity index is 497. The molecule has 0 radical (unpaired) electrons. The summed E-state index contributed by atoms with van der Waals surface area (Å²) >= 11 is 1.54. The highest BCUT2D eigenvalue weighted by Gasteiger charge is 2.21. The molecule has 0 spiro atoms. The van der Waals surface area contributed by atoms with Gasteiger partial charge in [0.1, 0.15) is 4.91 Å². The van der Waals surface area contributed by atoms with Crippen LogP contribution in [0.25, 0.3) is 0 Å². The van der Waals surface area contributed by atoms with Crippen LogP contribution in [-0.4, -0.2) is 11.7 Å². The third-order valence-corrected chi connectivity index (χ3v) is 3.83. The maximum atomic E-state index is 11.7. The monoisotopic (exact) mass is 275 g/mol. The van der Waals surface area contributed by atoms with Crippen molar-refractivity contribution in [1.82, 2.24) is 0 Å². The number of carbonyl (C=O) groups excluding carboxylic acids is 1. The van der Waals surface area contributed by atoms with Crippen LogP contribution in [0.5, 0.6) is 0 Å². The molecule has 0 aliphatic carbocycles. The first kappa shape index (κ1) is 13.8. The summed E-state index contributed by atoms with van der Waals surface area (Å²) in [6.45, 7) is 2.16. The van der Waals surface area contributed by atoms with Gasteiger partial charge in [-0.05, 0) is 24.3 Å². The number of anilines is 1. The molecule has 1 heterocycles. The highest BCUT2D eigenvalue weighted by molar-refractivity contribution is 8.04. The number of unbranched alkanes of at least 4 members (excludes halogenated alkanes) is 2. The van der Waals surface area contributed by atoms with E-state index in [1.807, 2.05) is 30.3 Å². The maximum absolute atomic E-state index is 11.7. The molecule has 1 aromatic rings. The lowest BCUT2D eigenvalue weighted by molar-refractivity contribution is -0.113. The zero-order valence-corrected chi connectivity index (χ0v) is 11.7. The quantitative estimate of drug-likeness (QED) is 0.759. The Morgan fingerprint density at radius 2 is 1.95 bits per heavy atom. The third-order valence-electron chi connectivity index (χ3n) is 2.68. The van der Waals surface area contributed by atoms with Crippen LogP contribution in [0.1, 0.15) is 26.2 Å². The van der Waals surface area contributed by atoms with Gasteiger partial charge in [0.25, 0.3) is 0 Å². The van der Waals surface area contributed by atoms with E-state index in [4.69, 9.17) is 0 Å². The first-order valence-electron chi connectivity index (χ1n) is 6.46. The van der Waals surface area contributed by atoms with Crippen molar-refractivity contribution in [3.8, 4) is 0 Å². The fourth-order valence-electron chi connectivity index (χ4n) is 1.68. The molecule has 4 nitrogen and oxygen atoms in total. The van der Waals surface area contributed by atoms with E-state index in [0.29, 0.717) is 10.7 Å². The number of amides is 1. The van der Waals surface area contributed by atoms with Gasteiger partial charge in [-0.3, -0.25) is 4.79 Å². The van der Waals surface area contributed by atoms with E-state index in [9.17, 15) is 4.79 Å². The summed E-state index contributed by atoms with van der Waals surface area (Å²) < 4.78 is 0. The Labute approximate surface area is 117 Å². The molecule has 100 valence electrons. The fraction of sp³-hybridized carbons (Fsp3) is 0.357. The van der Waals surface area contributed by atoms with Gasteiger partial charge in [0.05, 0.1) is 0 Å². The topological polar surface area (TPSA) is 53.8 Å². The predicted molar refractivity (Wildman–Crippen MR) is 78.9 cm³/mol. The largest absolute Gasteiger partial charge is 0.338 e. The second-order valence-electron chi connectivity index (χ2n) is 4.23. The zero-order valence-electron chi connectivity index (χ0n) is 10.9. The Morgan fingerprint density at radius 3 is 2.68 bits per heavy atom. The molecule has 1 amide bonds. The minimum atomic E-state index is -0.236. The Kier molecular flexibility index (Phi) is 5.15. The van der Waals surface area contributed by atoms with Gasteiger partial charge in [0, 0.05) is 5.69 Å². The van der Waals surface area contributed by atoms with Gasteiger partial charge in [-0.1, -0.05) is 38.0 Å². The van der Waals surface area contributed by atoms with Crippen molar-refractivity contribution in [2.45, 2.75) is 26.2 Å². The minimum Gasteiger partial charge on any atom is -0.338 e. The third kappa shape index (κ3) is 3.92. The highest BCUT2D eigenvalue weighted by Crippen LogP contribution is 2.29. The van der Waals surface area contributed by atoms with Crippen LogP contribution in [-0.2, 0) is 4.79 Å². The SMILES string of the molecule is CCCCCSC1=C(Nc2ccccc2)N=NC1=O. The van der Waals surface area contributed by atoms with Crippen molar-refractivity contribution in [2.24, 2.45) is 10.2 Å². The van der Waals surface area contributed by atoms with E-state index in [1.54, 1.807) is 0 Å². The van der Waals surface area contributed by atoms with Gasteiger partial charge < -0.3 is 5.32 Å². The molecular weight excluding hydrogens is 258 g/mol. The number of benzene rings is 1. The Morgan fingerprint density at radius 1 is 1.16 bits per heavy atom. The van der Waals surface area contributed by atoms with Crippen LogP contribution in [0.4, 0.5) is 5.69 Å². The van der Waals surface area contributed by atoms with Gasteiger partial charge in [0.2, 0.25) is 0 Å². The molecule has 5 heteroatoms. The minimum absolute atomic E-state index is 0.236. The van der Waals surface area contributed by atoms with Crippen LogP contribution in [0.3, 0.4) is 0 Å². The molecule has 19 heavy (non-hydrogen) atoms. The molecule has 0 aromatic heterocycles. The second kappa shape index (κ2) is 7.09. The van der Waals surface area contributed by atoms with Crippen LogP contribution >= 0.6 is 11.8 Å². The molecule has 1 aliphatic heterocycles. The molecular formula is C14H17N3OS. The number of hydrogen-bond acceptors (Lipinski definition) is 4. The van der Waals surface area contributed by atoms with Crippen molar-refractivity contribution in [3.63, 3.8) is 0 Å². The van der Waals surface area contributed by atoms with Gasteiger partial charge >= 0.3 is 5.91 Å². The van der Waals surface area contributed by atoms with Gasteiger partial charge in [-0.15, -0.1) is 22.0 Å². The van der Waals surface area contributed by atoms with E-state index in [0.717, 1.165) is 17.9 Å². The Balaban J connectivity index is 2.00. The number of azo groups is 1. The van der Waals surface area contributed by atoms with Crippen molar-refractivity contribution >= 4 is 23.4 Å². The van der Waals surface area contributed by atoms with Crippen LogP contribution in [0.2, 0.25) is 0 Å². The zero-order chi connectivity index (χ0) is 13.5. The number of thioether (sulfide) groups is 1. The number of rotatable bonds is 7. The lowest BCUT2D eigenvalue weighted by Crippen LogP contribution is -2.01. The summed E-state index contributed by atoms with van der Waals surface area (Å²) in [6, 6.07) is 9.69. The van der Waals surface area contributed by atoms with Gasteiger partial charge in [-0.25, -0.2) is 0 Å². The first-order chi connectivity index (χ1) is 9.31. The second-order valence-corrected chi connectivity index (χ2v) is 5.33. The van der Waals surface area contributed by atoms with E-state index in [1.165, 1.54) is 24.6 Å². The molecule has 0 saturated heterocycles. The summed E-state index contributed by atoms with van der Waals surface area (Å²) in [7, 11) is 0. The van der Waals surface area contributed by atoms with Crippen molar-refractivity contribution in [1.29, 1.82) is 0 Å². The van der Waals surface area contributed by atoms with Crippen LogP contribution in [0, 0.1) is 0 Å². The number of para-hydroxylation sites is 1. The molecule has 1 N–H and O–H groups in total. The van der Waals surface area contributed by atoms with Crippen LogP contribution < -0.4 is 5.32 Å². The number of nitrogens with zero attached hydrogens (tertiary/aromatic N) is 2. The van der Waals surface area contributed by atoms with Crippen molar-refractivity contribution < 1.29 is 4.79 Å². The summed E-state index contributed by atoms with van der Waals surface area (Å²) in [5.74, 6) is 1.26. The summed E-state index contributed by atoms with van der Waals surface area (Å²) in [5, 5.41) is 10.7. The first-order valence-corrected chi connectivity index (χ1v) is 7.45. The summed E-state index contributed by atoms with van der Waals surface area (Å²) in [6.07, 6.45) is 3.47. The maximum Gasteiger partial charge on any atom is 0.305 e. The Hall–Kier alpha value is -1.62. The van der Waals surface area contributed by atoms with Crippen LogP contribution in [0.15, 0.2) is 51.3 Å². The number of hydrogen-bond donors (Lipinski definition) is 1. The van der Waals surface area contributed by atoms with E-state index in [2.05, 4.69) is 22.5 Å². The predicted octanol–water partition coefficient (Wildman–Crippen LogP) is 4.18. The van der Waals surface area contributed by atoms with Crippen molar-refractivity contribution in [2.75, 3.05) is 11.1 Å². The van der Waals surface area contributed by atoms with E-state index < -0.39 is 0 Å². The highest BCUT2D eigenvalue weighted by atomic mass is 32.2. The number of carbonyl (C=O) groups is 1. The molecule has 0 bridgehead atoms. The van der Waals surface area contributed by atoms with Gasteiger partial charge in [0.15, 0.2) is 5.82 Å². The molecule has 0 unspecified atom stereocenters. The summed E-state index contributed by atoms with van der Waals surface area (Å²) in [5.41, 5.74) is 0.915. The molecule has 2 rings (SSSR count). The average Bonchev–Trinajstić information content (AvgIpc) is 2.77. The summed E-state index contributed by atoms with van der Waals surface area (Å²) in [4.78, 5) is 12.3. The lowest BCUT2D eigenvalue weighted by atomic mass is 10.3. The molecule has 0 atom stereocenters. The lowest BCUT2D eigenvalue weighted by Gasteiger charge is -2.06. The molecule has 0 saturated carbocycles.